The van der Waals surface area contributed by atoms with Crippen molar-refractivity contribution in [3.8, 4) is 0 Å². The van der Waals surface area contributed by atoms with Crippen LogP contribution in [-0.2, 0) is 22.1 Å². The largest absolute Gasteiger partial charge is 0.348 e. The number of carbonyl (C=O) groups excluding carboxylic acids is 1. The Bertz CT molecular complexity index is 770. The summed E-state index contributed by atoms with van der Waals surface area (Å²) >= 11 is 3.38. The average Bonchev–Trinajstić information content (AvgIpc) is 2.44. The number of amides is 1. The molecule has 0 heterocycles. The van der Waals surface area contributed by atoms with Gasteiger partial charge in [0.25, 0.3) is 5.91 Å². The van der Waals surface area contributed by atoms with Gasteiger partial charge in [-0.1, -0.05) is 40.2 Å². The molecule has 0 atom stereocenters. The Morgan fingerprint density at radius 3 is 2.36 bits per heavy atom. The number of nitrogens with one attached hydrogen (secondary N) is 1. The van der Waals surface area contributed by atoms with Crippen molar-refractivity contribution in [3.05, 3.63) is 69.7 Å². The van der Waals surface area contributed by atoms with Crippen molar-refractivity contribution < 1.29 is 13.2 Å². The molecule has 2 aromatic carbocycles. The second-order valence-electron chi connectivity index (χ2n) is 5.08. The van der Waals surface area contributed by atoms with Gasteiger partial charge in [0.05, 0.1) is 5.75 Å². The highest BCUT2D eigenvalue weighted by Gasteiger charge is 2.08. The zero-order chi connectivity index (χ0) is 16.2. The van der Waals surface area contributed by atoms with Crippen LogP contribution in [-0.4, -0.2) is 20.6 Å². The van der Waals surface area contributed by atoms with Crippen LogP contribution in [0, 0.1) is 0 Å². The van der Waals surface area contributed by atoms with E-state index in [2.05, 4.69) is 21.2 Å². The number of rotatable bonds is 5. The minimum atomic E-state index is -3.07. The number of sulfone groups is 1. The fraction of sp³-hybridized carbons (Fsp3) is 0.188. The zero-order valence-corrected chi connectivity index (χ0v) is 14.4. The van der Waals surface area contributed by atoms with Crippen LogP contribution < -0.4 is 5.32 Å². The van der Waals surface area contributed by atoms with Crippen LogP contribution >= 0.6 is 15.9 Å². The maximum Gasteiger partial charge on any atom is 0.251 e. The first kappa shape index (κ1) is 16.7. The minimum absolute atomic E-state index is 0.0209. The molecule has 0 aliphatic carbocycles. The summed E-state index contributed by atoms with van der Waals surface area (Å²) in [6, 6.07) is 14.3. The Morgan fingerprint density at radius 1 is 1.09 bits per heavy atom. The van der Waals surface area contributed by atoms with Gasteiger partial charge in [-0.15, -0.1) is 0 Å². The molecule has 1 N–H and O–H groups in total. The van der Waals surface area contributed by atoms with E-state index in [1.165, 1.54) is 6.26 Å². The SMILES string of the molecule is CS(=O)(=O)Cc1ccc(C(=O)NCc2cccc(Br)c2)cc1. The monoisotopic (exact) mass is 381 g/mol. The van der Waals surface area contributed by atoms with Gasteiger partial charge in [-0.2, -0.15) is 0 Å². The Labute approximate surface area is 138 Å². The van der Waals surface area contributed by atoms with Crippen LogP contribution in [0.1, 0.15) is 21.5 Å². The van der Waals surface area contributed by atoms with E-state index >= 15 is 0 Å². The van der Waals surface area contributed by atoms with Gasteiger partial charge in [0, 0.05) is 22.8 Å². The topological polar surface area (TPSA) is 63.2 Å². The van der Waals surface area contributed by atoms with Gasteiger partial charge in [0.1, 0.15) is 0 Å². The molecule has 0 aliphatic rings. The number of hydrogen-bond donors (Lipinski definition) is 1. The second kappa shape index (κ2) is 7.07. The maximum atomic E-state index is 12.1. The highest BCUT2D eigenvalue weighted by molar-refractivity contribution is 9.10. The Morgan fingerprint density at radius 2 is 1.77 bits per heavy atom. The molecule has 2 rings (SSSR count). The lowest BCUT2D eigenvalue weighted by Crippen LogP contribution is -2.22. The number of hydrogen-bond acceptors (Lipinski definition) is 3. The average molecular weight is 382 g/mol. The molecule has 22 heavy (non-hydrogen) atoms. The summed E-state index contributed by atoms with van der Waals surface area (Å²) in [5.74, 6) is -0.210. The summed E-state index contributed by atoms with van der Waals surface area (Å²) in [4.78, 5) is 12.1. The smallest absolute Gasteiger partial charge is 0.251 e. The molecule has 0 saturated heterocycles. The molecule has 0 saturated carbocycles. The Balaban J connectivity index is 1.98. The molecule has 1 amide bonds. The third-order valence-electron chi connectivity index (χ3n) is 2.99. The van der Waals surface area contributed by atoms with Gasteiger partial charge in [-0.3, -0.25) is 4.79 Å². The first-order valence-electron chi connectivity index (χ1n) is 6.63. The summed E-state index contributed by atoms with van der Waals surface area (Å²) in [6.07, 6.45) is 1.19. The first-order chi connectivity index (χ1) is 10.3. The van der Waals surface area contributed by atoms with Crippen molar-refractivity contribution in [3.63, 3.8) is 0 Å². The summed E-state index contributed by atoms with van der Waals surface area (Å²) < 4.78 is 23.4. The second-order valence-corrected chi connectivity index (χ2v) is 8.14. The molecule has 0 spiro atoms. The first-order valence-corrected chi connectivity index (χ1v) is 9.48. The predicted molar refractivity (Wildman–Crippen MR) is 90.3 cm³/mol. The molecule has 6 heteroatoms. The number of carbonyl (C=O) groups is 1. The molecule has 0 radical (unpaired) electrons. The molecule has 0 unspecified atom stereocenters. The van der Waals surface area contributed by atoms with Gasteiger partial charge < -0.3 is 5.32 Å². The summed E-state index contributed by atoms with van der Waals surface area (Å²) in [6.45, 7) is 0.434. The van der Waals surface area contributed by atoms with Crippen LogP contribution in [0.2, 0.25) is 0 Å². The van der Waals surface area contributed by atoms with Gasteiger partial charge in [0.2, 0.25) is 0 Å². The van der Waals surface area contributed by atoms with Gasteiger partial charge in [0.15, 0.2) is 9.84 Å². The summed E-state index contributed by atoms with van der Waals surface area (Å²) in [5, 5.41) is 2.83. The molecule has 4 nitrogen and oxygen atoms in total. The fourth-order valence-electron chi connectivity index (χ4n) is 1.99. The van der Waals surface area contributed by atoms with Crippen LogP contribution in [0.4, 0.5) is 0 Å². The van der Waals surface area contributed by atoms with Crippen molar-refractivity contribution in [1.82, 2.24) is 5.32 Å². The lowest BCUT2D eigenvalue weighted by molar-refractivity contribution is 0.0951. The van der Waals surface area contributed by atoms with Crippen LogP contribution in [0.15, 0.2) is 53.0 Å². The number of benzene rings is 2. The third kappa shape index (κ3) is 5.27. The molecule has 0 aliphatic heterocycles. The molecule has 0 aromatic heterocycles. The van der Waals surface area contributed by atoms with Crippen molar-refractivity contribution in [2.45, 2.75) is 12.3 Å². The lowest BCUT2D eigenvalue weighted by Gasteiger charge is -2.07. The van der Waals surface area contributed by atoms with E-state index in [9.17, 15) is 13.2 Å². The molecule has 0 bridgehead atoms. The molecular formula is C16H16BrNO3S. The molecule has 116 valence electrons. The highest BCUT2D eigenvalue weighted by Crippen LogP contribution is 2.12. The standard InChI is InChI=1S/C16H16BrNO3S/c1-22(20,21)11-12-5-7-14(8-6-12)16(19)18-10-13-3-2-4-15(17)9-13/h2-9H,10-11H2,1H3,(H,18,19). The quantitative estimate of drug-likeness (QED) is 0.865. The van der Waals surface area contributed by atoms with Gasteiger partial charge in [-0.05, 0) is 35.4 Å². The lowest BCUT2D eigenvalue weighted by atomic mass is 10.1. The van der Waals surface area contributed by atoms with Crippen molar-refractivity contribution in [1.29, 1.82) is 0 Å². The Kier molecular flexibility index (Phi) is 5.37. The highest BCUT2D eigenvalue weighted by atomic mass is 79.9. The molecule has 0 fully saturated rings. The van der Waals surface area contributed by atoms with Crippen molar-refractivity contribution in [2.24, 2.45) is 0 Å². The molecule has 2 aromatic rings. The normalized spacial score (nSPS) is 11.2. The maximum absolute atomic E-state index is 12.1. The third-order valence-corrected chi connectivity index (χ3v) is 4.34. The van der Waals surface area contributed by atoms with E-state index in [0.717, 1.165) is 10.0 Å². The minimum Gasteiger partial charge on any atom is -0.348 e. The molecular weight excluding hydrogens is 366 g/mol. The number of halogens is 1. The summed E-state index contributed by atoms with van der Waals surface area (Å²) in [7, 11) is -3.07. The van der Waals surface area contributed by atoms with E-state index in [1.54, 1.807) is 24.3 Å². The van der Waals surface area contributed by atoms with Crippen LogP contribution in [0.25, 0.3) is 0 Å². The Hall–Kier alpha value is -1.66. The van der Waals surface area contributed by atoms with Crippen molar-refractivity contribution in [2.75, 3.05) is 6.26 Å². The van der Waals surface area contributed by atoms with E-state index in [0.29, 0.717) is 17.7 Å². The predicted octanol–water partition coefficient (Wildman–Crippen LogP) is 2.92. The van der Waals surface area contributed by atoms with E-state index in [4.69, 9.17) is 0 Å². The van der Waals surface area contributed by atoms with Gasteiger partial charge >= 0.3 is 0 Å². The van der Waals surface area contributed by atoms with Gasteiger partial charge in [-0.25, -0.2) is 8.42 Å². The zero-order valence-electron chi connectivity index (χ0n) is 12.0. The van der Waals surface area contributed by atoms with Crippen LogP contribution in [0.3, 0.4) is 0 Å². The van der Waals surface area contributed by atoms with E-state index in [1.807, 2.05) is 24.3 Å². The fourth-order valence-corrected chi connectivity index (χ4v) is 3.23. The van der Waals surface area contributed by atoms with Crippen molar-refractivity contribution >= 4 is 31.7 Å². The van der Waals surface area contributed by atoms with E-state index in [-0.39, 0.29) is 11.7 Å². The summed E-state index contributed by atoms with van der Waals surface area (Å²) in [5.41, 5.74) is 2.18. The van der Waals surface area contributed by atoms with Crippen LogP contribution in [0.5, 0.6) is 0 Å². The van der Waals surface area contributed by atoms with E-state index < -0.39 is 9.84 Å².